The molecule has 1 aromatic heterocycles. The predicted molar refractivity (Wildman–Crippen MR) is 65.4 cm³/mol. The lowest BCUT2D eigenvalue weighted by atomic mass is 10.4. The molecule has 0 saturated heterocycles. The molecule has 4 nitrogen and oxygen atoms in total. The highest BCUT2D eigenvalue weighted by Crippen LogP contribution is 1.93. The van der Waals surface area contributed by atoms with Gasteiger partial charge >= 0.3 is 0 Å². The van der Waals surface area contributed by atoms with Crippen LogP contribution in [0, 0.1) is 0 Å². The van der Waals surface area contributed by atoms with Crippen LogP contribution in [0.2, 0.25) is 0 Å². The third kappa shape index (κ3) is 5.09. The third-order valence-corrected chi connectivity index (χ3v) is 2.22. The second-order valence-electron chi connectivity index (χ2n) is 3.96. The Morgan fingerprint density at radius 3 is 3.00 bits per heavy atom. The zero-order valence-corrected chi connectivity index (χ0v) is 10.2. The van der Waals surface area contributed by atoms with Gasteiger partial charge in [0, 0.05) is 39.0 Å². The van der Waals surface area contributed by atoms with Gasteiger partial charge in [-0.15, -0.1) is 0 Å². The van der Waals surface area contributed by atoms with E-state index in [1.54, 1.807) is 0 Å². The van der Waals surface area contributed by atoms with Gasteiger partial charge in [0.2, 0.25) is 0 Å². The Labute approximate surface area is 97.3 Å². The molecule has 0 aromatic carbocycles. The van der Waals surface area contributed by atoms with Crippen LogP contribution in [0.25, 0.3) is 0 Å². The molecule has 0 saturated carbocycles. The van der Waals surface area contributed by atoms with Gasteiger partial charge in [-0.3, -0.25) is 0 Å². The zero-order chi connectivity index (χ0) is 11.8. The molecular weight excluding hydrogens is 202 g/mol. The molecule has 0 spiro atoms. The van der Waals surface area contributed by atoms with Gasteiger partial charge < -0.3 is 14.6 Å². The van der Waals surface area contributed by atoms with E-state index in [4.69, 9.17) is 4.74 Å². The number of ether oxygens (including phenoxy) is 1. The van der Waals surface area contributed by atoms with Crippen molar-refractivity contribution >= 4 is 0 Å². The molecule has 1 N–H and O–H groups in total. The second kappa shape index (κ2) is 7.19. The summed E-state index contributed by atoms with van der Waals surface area (Å²) in [7, 11) is 2.01. The number of aromatic nitrogens is 2. The van der Waals surface area contributed by atoms with Gasteiger partial charge in [0.05, 0.1) is 13.2 Å². The van der Waals surface area contributed by atoms with Gasteiger partial charge in [0.1, 0.15) is 5.82 Å². The molecular formula is C12H21N3O. The number of nitrogens with one attached hydrogen (secondary N) is 1. The summed E-state index contributed by atoms with van der Waals surface area (Å²) in [4.78, 5) is 4.25. The molecule has 90 valence electrons. The van der Waals surface area contributed by atoms with Crippen molar-refractivity contribution in [1.82, 2.24) is 14.9 Å². The molecule has 0 aliphatic heterocycles. The third-order valence-electron chi connectivity index (χ3n) is 2.22. The van der Waals surface area contributed by atoms with Crippen molar-refractivity contribution in [1.29, 1.82) is 0 Å². The maximum Gasteiger partial charge on any atom is 0.109 e. The van der Waals surface area contributed by atoms with Crippen LogP contribution in [0.4, 0.5) is 0 Å². The fourth-order valence-electron chi connectivity index (χ4n) is 1.35. The van der Waals surface area contributed by atoms with Crippen molar-refractivity contribution in [2.45, 2.75) is 13.3 Å². The number of aryl methyl sites for hydroxylation is 1. The Bertz CT molecular complexity index is 320. The van der Waals surface area contributed by atoms with E-state index in [9.17, 15) is 0 Å². The molecule has 1 heterocycles. The minimum atomic E-state index is 0.654. The Morgan fingerprint density at radius 2 is 2.38 bits per heavy atom. The van der Waals surface area contributed by atoms with Gasteiger partial charge in [0.15, 0.2) is 0 Å². The molecule has 4 heteroatoms. The lowest BCUT2D eigenvalue weighted by molar-refractivity contribution is 0.158. The molecule has 1 aromatic rings. The van der Waals surface area contributed by atoms with E-state index in [1.165, 1.54) is 0 Å². The average molecular weight is 223 g/mol. The summed E-state index contributed by atoms with van der Waals surface area (Å²) in [6.45, 7) is 8.93. The van der Waals surface area contributed by atoms with Crippen molar-refractivity contribution in [3.05, 3.63) is 30.4 Å². The minimum Gasteiger partial charge on any atom is -0.376 e. The quantitative estimate of drug-likeness (QED) is 0.531. The topological polar surface area (TPSA) is 39.1 Å². The first kappa shape index (κ1) is 12.9. The van der Waals surface area contributed by atoms with Crippen molar-refractivity contribution in [3.63, 3.8) is 0 Å². The molecule has 0 fully saturated rings. The zero-order valence-electron chi connectivity index (χ0n) is 10.2. The van der Waals surface area contributed by atoms with Crippen LogP contribution >= 0.6 is 0 Å². The van der Waals surface area contributed by atoms with Crippen LogP contribution in [0.5, 0.6) is 0 Å². The molecule has 1 rings (SSSR count). The predicted octanol–water partition coefficient (Wildman–Crippen LogP) is 1.14. The number of hydrogen-bond donors (Lipinski definition) is 1. The van der Waals surface area contributed by atoms with Crippen molar-refractivity contribution in [2.75, 3.05) is 26.3 Å². The largest absolute Gasteiger partial charge is 0.376 e. The molecule has 0 amide bonds. The number of rotatable bonds is 8. The van der Waals surface area contributed by atoms with E-state index in [0.717, 1.165) is 37.5 Å². The fourth-order valence-corrected chi connectivity index (χ4v) is 1.35. The summed E-state index contributed by atoms with van der Waals surface area (Å²) in [6, 6.07) is 0. The minimum absolute atomic E-state index is 0.654. The normalized spacial score (nSPS) is 10.6. The smallest absolute Gasteiger partial charge is 0.109 e. The number of nitrogens with zero attached hydrogens (tertiary/aromatic N) is 2. The van der Waals surface area contributed by atoms with Crippen LogP contribution in [-0.4, -0.2) is 35.9 Å². The van der Waals surface area contributed by atoms with Crippen molar-refractivity contribution in [3.8, 4) is 0 Å². The van der Waals surface area contributed by atoms with Gasteiger partial charge in [-0.1, -0.05) is 12.2 Å². The van der Waals surface area contributed by atoms with Crippen LogP contribution in [-0.2, 0) is 18.2 Å². The monoisotopic (exact) mass is 223 g/mol. The lowest BCUT2D eigenvalue weighted by Crippen LogP contribution is -2.23. The summed E-state index contributed by atoms with van der Waals surface area (Å²) < 4.78 is 7.41. The second-order valence-corrected chi connectivity index (χ2v) is 3.96. The molecule has 0 aliphatic carbocycles. The Kier molecular flexibility index (Phi) is 5.82. The summed E-state index contributed by atoms with van der Waals surface area (Å²) in [5.41, 5.74) is 1.06. The maximum atomic E-state index is 5.37. The van der Waals surface area contributed by atoms with Gasteiger partial charge in [0.25, 0.3) is 0 Å². The van der Waals surface area contributed by atoms with Crippen molar-refractivity contribution < 1.29 is 4.74 Å². The highest BCUT2D eigenvalue weighted by Gasteiger charge is 1.97. The summed E-state index contributed by atoms with van der Waals surface area (Å²) in [5.74, 6) is 1.11. The van der Waals surface area contributed by atoms with Crippen LogP contribution in [0.3, 0.4) is 0 Å². The lowest BCUT2D eigenvalue weighted by Gasteiger charge is -2.06. The van der Waals surface area contributed by atoms with Gasteiger partial charge in [-0.05, 0) is 6.92 Å². The standard InChI is InChI=1S/C12H21N3O/c1-11(2)10-16-9-7-13-5-4-12-14-6-8-15(12)3/h6,8,13H,1,4-5,7,9-10H2,2-3H3. The summed E-state index contributed by atoms with van der Waals surface area (Å²) in [6.07, 6.45) is 4.74. The fraction of sp³-hybridized carbons (Fsp3) is 0.583. The van der Waals surface area contributed by atoms with Crippen LogP contribution < -0.4 is 5.32 Å². The van der Waals surface area contributed by atoms with E-state index in [0.29, 0.717) is 6.61 Å². The molecule has 0 aliphatic rings. The van der Waals surface area contributed by atoms with Gasteiger partial charge in [-0.2, -0.15) is 0 Å². The first-order chi connectivity index (χ1) is 7.70. The highest BCUT2D eigenvalue weighted by molar-refractivity contribution is 4.91. The molecule has 16 heavy (non-hydrogen) atoms. The van der Waals surface area contributed by atoms with Crippen LogP contribution in [0.1, 0.15) is 12.7 Å². The molecule has 0 atom stereocenters. The van der Waals surface area contributed by atoms with Crippen LogP contribution in [0.15, 0.2) is 24.5 Å². The summed E-state index contributed by atoms with van der Waals surface area (Å²) >= 11 is 0. The first-order valence-electron chi connectivity index (χ1n) is 5.59. The molecule has 0 unspecified atom stereocenters. The Balaban J connectivity index is 1.96. The van der Waals surface area contributed by atoms with E-state index >= 15 is 0 Å². The summed E-state index contributed by atoms with van der Waals surface area (Å²) in [5, 5.41) is 3.32. The van der Waals surface area contributed by atoms with Crippen molar-refractivity contribution in [2.24, 2.45) is 7.05 Å². The van der Waals surface area contributed by atoms with E-state index in [2.05, 4.69) is 16.9 Å². The van der Waals surface area contributed by atoms with E-state index in [1.807, 2.05) is 30.9 Å². The van der Waals surface area contributed by atoms with Gasteiger partial charge in [-0.25, -0.2) is 4.98 Å². The number of hydrogen-bond acceptors (Lipinski definition) is 3. The van der Waals surface area contributed by atoms with E-state index in [-0.39, 0.29) is 0 Å². The molecule has 0 radical (unpaired) electrons. The number of imidazole rings is 1. The average Bonchev–Trinajstić information content (AvgIpc) is 2.62. The first-order valence-corrected chi connectivity index (χ1v) is 5.59. The maximum absolute atomic E-state index is 5.37. The Morgan fingerprint density at radius 1 is 1.56 bits per heavy atom. The SMILES string of the molecule is C=C(C)COCCNCCc1nccn1C. The Hall–Kier alpha value is -1.13. The van der Waals surface area contributed by atoms with E-state index < -0.39 is 0 Å². The highest BCUT2D eigenvalue weighted by atomic mass is 16.5. The molecule has 0 bridgehead atoms.